The molecule has 3 nitrogen and oxygen atoms in total. The number of halogens is 1. The van der Waals surface area contributed by atoms with Crippen LogP contribution in [0.3, 0.4) is 0 Å². The Morgan fingerprint density at radius 1 is 1.45 bits per heavy atom. The van der Waals surface area contributed by atoms with E-state index in [0.717, 1.165) is 25.3 Å². The summed E-state index contributed by atoms with van der Waals surface area (Å²) in [7, 11) is 2.11. The predicted octanol–water partition coefficient (Wildman–Crippen LogP) is 2.50. The standard InChI is InChI=1S/C16H25FN2O/c1-11(2)18-10-15-16(19(4)7-8-20-15)13-5-6-14(17)12(3)9-13/h5-6,9,11,15-16,18H,7-8,10H2,1-4H3. The molecule has 0 radical (unpaired) electrons. The summed E-state index contributed by atoms with van der Waals surface area (Å²) in [5.41, 5.74) is 1.82. The molecule has 1 heterocycles. The molecule has 2 atom stereocenters. The highest BCUT2D eigenvalue weighted by molar-refractivity contribution is 5.27. The first-order valence-corrected chi connectivity index (χ1v) is 7.30. The van der Waals surface area contributed by atoms with E-state index in [4.69, 9.17) is 4.74 Å². The van der Waals surface area contributed by atoms with Crippen molar-refractivity contribution in [2.75, 3.05) is 26.7 Å². The molecular formula is C16H25FN2O. The minimum absolute atomic E-state index is 0.0982. The molecular weight excluding hydrogens is 255 g/mol. The maximum atomic E-state index is 13.5. The summed E-state index contributed by atoms with van der Waals surface area (Å²) in [5.74, 6) is -0.148. The number of hydrogen-bond acceptors (Lipinski definition) is 3. The molecule has 1 aromatic carbocycles. The number of nitrogens with one attached hydrogen (secondary N) is 1. The Kier molecular flexibility index (Phi) is 5.13. The Morgan fingerprint density at radius 2 is 2.20 bits per heavy atom. The molecule has 1 aromatic rings. The molecule has 0 aliphatic carbocycles. The van der Waals surface area contributed by atoms with E-state index in [1.165, 1.54) is 0 Å². The molecule has 112 valence electrons. The van der Waals surface area contributed by atoms with Gasteiger partial charge in [-0.05, 0) is 31.2 Å². The van der Waals surface area contributed by atoms with Gasteiger partial charge in [-0.15, -0.1) is 0 Å². The Hall–Kier alpha value is -0.970. The van der Waals surface area contributed by atoms with Crippen LogP contribution in [0.2, 0.25) is 0 Å². The maximum absolute atomic E-state index is 13.5. The van der Waals surface area contributed by atoms with E-state index in [0.29, 0.717) is 11.6 Å². The molecule has 0 bridgehead atoms. The highest BCUT2D eigenvalue weighted by Gasteiger charge is 2.31. The lowest BCUT2D eigenvalue weighted by Gasteiger charge is -2.40. The van der Waals surface area contributed by atoms with Crippen LogP contribution in [0.5, 0.6) is 0 Å². The summed E-state index contributed by atoms with van der Waals surface area (Å²) in [4.78, 5) is 2.29. The molecule has 4 heteroatoms. The number of benzene rings is 1. The van der Waals surface area contributed by atoms with Crippen molar-refractivity contribution in [2.24, 2.45) is 0 Å². The van der Waals surface area contributed by atoms with E-state index < -0.39 is 0 Å². The van der Waals surface area contributed by atoms with Gasteiger partial charge in [-0.2, -0.15) is 0 Å². The van der Waals surface area contributed by atoms with Crippen LogP contribution >= 0.6 is 0 Å². The van der Waals surface area contributed by atoms with E-state index in [-0.39, 0.29) is 18.0 Å². The second kappa shape index (κ2) is 6.66. The van der Waals surface area contributed by atoms with Crippen LogP contribution in [0.1, 0.15) is 31.0 Å². The van der Waals surface area contributed by atoms with Gasteiger partial charge in [-0.1, -0.05) is 26.0 Å². The van der Waals surface area contributed by atoms with Crippen molar-refractivity contribution in [3.05, 3.63) is 35.1 Å². The van der Waals surface area contributed by atoms with Crippen molar-refractivity contribution in [1.29, 1.82) is 0 Å². The number of morpholine rings is 1. The molecule has 0 aromatic heterocycles. The van der Waals surface area contributed by atoms with Gasteiger partial charge in [0.1, 0.15) is 5.82 Å². The number of likely N-dealkylation sites (N-methyl/N-ethyl adjacent to an activating group) is 1. The number of ether oxygens (including phenoxy) is 1. The Bertz CT molecular complexity index is 450. The zero-order chi connectivity index (χ0) is 14.7. The summed E-state index contributed by atoms with van der Waals surface area (Å²) >= 11 is 0. The van der Waals surface area contributed by atoms with Crippen molar-refractivity contribution < 1.29 is 9.13 Å². The van der Waals surface area contributed by atoms with Crippen molar-refractivity contribution in [1.82, 2.24) is 10.2 Å². The minimum atomic E-state index is -0.148. The Morgan fingerprint density at radius 3 is 2.85 bits per heavy atom. The van der Waals surface area contributed by atoms with Crippen molar-refractivity contribution in [2.45, 2.75) is 39.0 Å². The molecule has 1 fully saturated rings. The fourth-order valence-electron chi connectivity index (χ4n) is 2.71. The van der Waals surface area contributed by atoms with E-state index in [2.05, 4.69) is 31.1 Å². The van der Waals surface area contributed by atoms with Crippen molar-refractivity contribution in [3.63, 3.8) is 0 Å². The number of nitrogens with zero attached hydrogens (tertiary/aromatic N) is 1. The molecule has 20 heavy (non-hydrogen) atoms. The molecule has 0 spiro atoms. The topological polar surface area (TPSA) is 24.5 Å². The first kappa shape index (κ1) is 15.4. The number of hydrogen-bond donors (Lipinski definition) is 1. The molecule has 1 aliphatic rings. The highest BCUT2D eigenvalue weighted by Crippen LogP contribution is 2.29. The van der Waals surface area contributed by atoms with Gasteiger partial charge in [0.05, 0.1) is 18.8 Å². The van der Waals surface area contributed by atoms with Crippen LogP contribution < -0.4 is 5.32 Å². The monoisotopic (exact) mass is 280 g/mol. The predicted molar refractivity (Wildman–Crippen MR) is 79.4 cm³/mol. The summed E-state index contributed by atoms with van der Waals surface area (Å²) in [6.45, 7) is 8.52. The second-order valence-electron chi connectivity index (χ2n) is 5.91. The summed E-state index contributed by atoms with van der Waals surface area (Å²) < 4.78 is 19.4. The lowest BCUT2D eigenvalue weighted by atomic mass is 9.96. The average molecular weight is 280 g/mol. The van der Waals surface area contributed by atoms with Crippen molar-refractivity contribution >= 4 is 0 Å². The molecule has 1 N–H and O–H groups in total. The third-order valence-corrected chi connectivity index (χ3v) is 3.85. The van der Waals surface area contributed by atoms with Gasteiger partial charge in [0.15, 0.2) is 0 Å². The normalized spacial score (nSPS) is 24.3. The lowest BCUT2D eigenvalue weighted by molar-refractivity contribution is -0.0620. The molecule has 0 amide bonds. The summed E-state index contributed by atoms with van der Waals surface area (Å²) in [6, 6.07) is 5.98. The summed E-state index contributed by atoms with van der Waals surface area (Å²) in [5, 5.41) is 3.44. The first-order valence-electron chi connectivity index (χ1n) is 7.30. The Balaban J connectivity index is 2.20. The first-order chi connectivity index (χ1) is 9.49. The fraction of sp³-hybridized carbons (Fsp3) is 0.625. The van der Waals surface area contributed by atoms with Crippen LogP contribution in [0.25, 0.3) is 0 Å². The average Bonchev–Trinajstić information content (AvgIpc) is 2.40. The smallest absolute Gasteiger partial charge is 0.126 e. The largest absolute Gasteiger partial charge is 0.374 e. The van der Waals surface area contributed by atoms with E-state index in [1.807, 2.05) is 19.1 Å². The van der Waals surface area contributed by atoms with Crippen LogP contribution in [0, 0.1) is 12.7 Å². The maximum Gasteiger partial charge on any atom is 0.126 e. The van der Waals surface area contributed by atoms with Crippen LogP contribution in [-0.4, -0.2) is 43.8 Å². The van der Waals surface area contributed by atoms with Gasteiger partial charge in [0.25, 0.3) is 0 Å². The van der Waals surface area contributed by atoms with Gasteiger partial charge in [0, 0.05) is 19.1 Å². The van der Waals surface area contributed by atoms with Gasteiger partial charge in [-0.3, -0.25) is 4.90 Å². The van der Waals surface area contributed by atoms with Gasteiger partial charge in [-0.25, -0.2) is 4.39 Å². The van der Waals surface area contributed by atoms with Gasteiger partial charge >= 0.3 is 0 Å². The minimum Gasteiger partial charge on any atom is -0.374 e. The van der Waals surface area contributed by atoms with Crippen molar-refractivity contribution in [3.8, 4) is 0 Å². The molecule has 1 saturated heterocycles. The van der Waals surface area contributed by atoms with Crippen LogP contribution in [-0.2, 0) is 4.74 Å². The van der Waals surface area contributed by atoms with Gasteiger partial charge in [0.2, 0.25) is 0 Å². The van der Waals surface area contributed by atoms with E-state index in [1.54, 1.807) is 6.07 Å². The Labute approximate surface area is 121 Å². The zero-order valence-corrected chi connectivity index (χ0v) is 12.8. The SMILES string of the molecule is Cc1cc(C2C(CNC(C)C)OCCN2C)ccc1F. The molecule has 1 aliphatic heterocycles. The van der Waals surface area contributed by atoms with E-state index >= 15 is 0 Å². The lowest BCUT2D eigenvalue weighted by Crippen LogP contribution is -2.48. The highest BCUT2D eigenvalue weighted by atomic mass is 19.1. The van der Waals surface area contributed by atoms with Crippen LogP contribution in [0.4, 0.5) is 4.39 Å². The van der Waals surface area contributed by atoms with Crippen LogP contribution in [0.15, 0.2) is 18.2 Å². The third kappa shape index (κ3) is 3.57. The second-order valence-corrected chi connectivity index (χ2v) is 5.91. The fourth-order valence-corrected chi connectivity index (χ4v) is 2.71. The molecule has 2 rings (SSSR count). The number of aryl methyl sites for hydroxylation is 1. The number of rotatable bonds is 4. The zero-order valence-electron chi connectivity index (χ0n) is 12.8. The molecule has 0 saturated carbocycles. The summed E-state index contributed by atoms with van der Waals surface area (Å²) in [6.07, 6.45) is 0.0982. The molecule has 2 unspecified atom stereocenters. The quantitative estimate of drug-likeness (QED) is 0.917. The third-order valence-electron chi connectivity index (χ3n) is 3.85. The van der Waals surface area contributed by atoms with E-state index in [9.17, 15) is 4.39 Å². The van der Waals surface area contributed by atoms with Gasteiger partial charge < -0.3 is 10.1 Å².